The van der Waals surface area contributed by atoms with E-state index in [2.05, 4.69) is 32.9 Å². The Morgan fingerprint density at radius 3 is 1.52 bits per heavy atom. The molecule has 0 unspecified atom stereocenters. The van der Waals surface area contributed by atoms with Gasteiger partial charge in [0.05, 0.1) is 13.2 Å². The lowest BCUT2D eigenvalue weighted by molar-refractivity contribution is 0.0512. The highest BCUT2D eigenvalue weighted by molar-refractivity contribution is 5.59. The highest BCUT2D eigenvalue weighted by Crippen LogP contribution is 2.12. The van der Waals surface area contributed by atoms with Crippen molar-refractivity contribution in [3.8, 4) is 0 Å². The molecule has 0 N–H and O–H groups in total. The molecule has 184 valence electrons. The lowest BCUT2D eigenvalue weighted by atomic mass is 10.1. The molecule has 0 rings (SSSR count). The average Bonchev–Trinajstić information content (AvgIpc) is 2.74. The molecule has 0 radical (unpaired) electrons. The number of allylic oxidation sites excluding steroid dienone is 2. The van der Waals surface area contributed by atoms with E-state index in [4.69, 9.17) is 9.47 Å². The summed E-state index contributed by atoms with van der Waals surface area (Å²) in [4.78, 5) is 11.4. The van der Waals surface area contributed by atoms with E-state index in [0.717, 1.165) is 19.3 Å². The molecule has 0 aliphatic rings. The highest BCUT2D eigenvalue weighted by atomic mass is 16.7. The summed E-state index contributed by atoms with van der Waals surface area (Å²) in [5.41, 5.74) is 0. The Labute approximate surface area is 194 Å². The monoisotopic (exact) mass is 438 g/mol. The quantitative estimate of drug-likeness (QED) is 0.0904. The van der Waals surface area contributed by atoms with Gasteiger partial charge in [0.1, 0.15) is 0 Å². The van der Waals surface area contributed by atoms with Crippen molar-refractivity contribution in [2.75, 3.05) is 13.2 Å². The maximum Gasteiger partial charge on any atom is 0.508 e. The zero-order valence-electron chi connectivity index (χ0n) is 21.3. The third-order valence-electron chi connectivity index (χ3n) is 5.79. The third-order valence-corrected chi connectivity index (χ3v) is 5.79. The van der Waals surface area contributed by atoms with Crippen LogP contribution < -0.4 is 0 Å². The summed E-state index contributed by atoms with van der Waals surface area (Å²) in [5.74, 6) is 0.550. The summed E-state index contributed by atoms with van der Waals surface area (Å²) in [6, 6.07) is 0. The summed E-state index contributed by atoms with van der Waals surface area (Å²) in [5, 5.41) is 0. The van der Waals surface area contributed by atoms with Crippen molar-refractivity contribution in [3.63, 3.8) is 0 Å². The Morgan fingerprint density at radius 2 is 1.03 bits per heavy atom. The van der Waals surface area contributed by atoms with Gasteiger partial charge < -0.3 is 9.47 Å². The van der Waals surface area contributed by atoms with Gasteiger partial charge in [-0.25, -0.2) is 4.79 Å². The fraction of sp³-hybridized carbons (Fsp3) is 0.893. The Bertz CT molecular complexity index is 390. The van der Waals surface area contributed by atoms with Crippen LogP contribution in [0.1, 0.15) is 143 Å². The fourth-order valence-corrected chi connectivity index (χ4v) is 3.63. The van der Waals surface area contributed by atoms with Gasteiger partial charge in [-0.05, 0) is 44.4 Å². The fourth-order valence-electron chi connectivity index (χ4n) is 3.63. The standard InChI is InChI=1S/C28H54O3/c1-4-5-6-7-8-9-10-11-12-13-14-15-16-17-18-19-20-21-22-23-25-30-28(29)31-26-24-27(2)3/h11-12,27H,4-10,13-26H2,1-3H3. The number of ether oxygens (including phenoxy) is 2. The van der Waals surface area contributed by atoms with Crippen molar-refractivity contribution in [3.05, 3.63) is 12.2 Å². The van der Waals surface area contributed by atoms with Crippen LogP contribution in [0.4, 0.5) is 4.79 Å². The van der Waals surface area contributed by atoms with E-state index in [1.165, 1.54) is 103 Å². The van der Waals surface area contributed by atoms with E-state index in [1.54, 1.807) is 0 Å². The van der Waals surface area contributed by atoms with Crippen molar-refractivity contribution in [2.45, 2.75) is 143 Å². The molecule has 31 heavy (non-hydrogen) atoms. The van der Waals surface area contributed by atoms with Crippen LogP contribution in [0.15, 0.2) is 12.2 Å². The Hall–Kier alpha value is -0.990. The van der Waals surface area contributed by atoms with Crippen LogP contribution in [0.25, 0.3) is 0 Å². The van der Waals surface area contributed by atoms with Crippen LogP contribution in [-0.4, -0.2) is 19.4 Å². The minimum atomic E-state index is -0.506. The lowest BCUT2D eigenvalue weighted by Gasteiger charge is -2.07. The maximum atomic E-state index is 11.4. The molecule has 0 saturated carbocycles. The SMILES string of the molecule is CCCCCCCCC=CCCCCCCCCCCCCOC(=O)OCCC(C)C. The highest BCUT2D eigenvalue weighted by Gasteiger charge is 2.04. The number of carbonyl (C=O) groups is 1. The van der Waals surface area contributed by atoms with Crippen LogP contribution in [-0.2, 0) is 9.47 Å². The van der Waals surface area contributed by atoms with E-state index in [0.29, 0.717) is 19.1 Å². The molecular formula is C28H54O3. The Balaban J connectivity index is 3.15. The van der Waals surface area contributed by atoms with Crippen molar-refractivity contribution in [1.29, 1.82) is 0 Å². The van der Waals surface area contributed by atoms with Crippen molar-refractivity contribution in [2.24, 2.45) is 5.92 Å². The van der Waals surface area contributed by atoms with Crippen LogP contribution in [0.3, 0.4) is 0 Å². The van der Waals surface area contributed by atoms with Gasteiger partial charge in [-0.3, -0.25) is 0 Å². The van der Waals surface area contributed by atoms with E-state index >= 15 is 0 Å². The average molecular weight is 439 g/mol. The first-order chi connectivity index (χ1) is 15.2. The van der Waals surface area contributed by atoms with Crippen LogP contribution in [0.5, 0.6) is 0 Å². The summed E-state index contributed by atoms with van der Waals surface area (Å²) in [7, 11) is 0. The molecule has 3 nitrogen and oxygen atoms in total. The van der Waals surface area contributed by atoms with Gasteiger partial charge in [-0.15, -0.1) is 0 Å². The second kappa shape index (κ2) is 25.3. The van der Waals surface area contributed by atoms with Crippen LogP contribution >= 0.6 is 0 Å². The van der Waals surface area contributed by atoms with Gasteiger partial charge in [0.15, 0.2) is 0 Å². The van der Waals surface area contributed by atoms with Crippen LogP contribution in [0.2, 0.25) is 0 Å². The van der Waals surface area contributed by atoms with Gasteiger partial charge in [0.2, 0.25) is 0 Å². The van der Waals surface area contributed by atoms with Gasteiger partial charge in [0, 0.05) is 0 Å². The number of unbranched alkanes of at least 4 members (excludes halogenated alkanes) is 16. The Kier molecular flexibility index (Phi) is 24.5. The van der Waals surface area contributed by atoms with Crippen molar-refractivity contribution in [1.82, 2.24) is 0 Å². The smallest absolute Gasteiger partial charge is 0.434 e. The first-order valence-electron chi connectivity index (χ1n) is 13.6. The first kappa shape index (κ1) is 30.0. The predicted octanol–water partition coefficient (Wildman–Crippen LogP) is 9.78. The van der Waals surface area contributed by atoms with Crippen molar-refractivity contribution < 1.29 is 14.3 Å². The molecule has 0 atom stereocenters. The van der Waals surface area contributed by atoms with E-state index in [9.17, 15) is 4.79 Å². The summed E-state index contributed by atoms with van der Waals surface area (Å²) in [6.07, 6.45) is 29.0. The van der Waals surface area contributed by atoms with Gasteiger partial charge >= 0.3 is 6.16 Å². The number of carbonyl (C=O) groups excluding carboxylic acids is 1. The second-order valence-corrected chi connectivity index (χ2v) is 9.48. The first-order valence-corrected chi connectivity index (χ1v) is 13.6. The Morgan fingerprint density at radius 1 is 0.613 bits per heavy atom. The van der Waals surface area contributed by atoms with Gasteiger partial charge in [-0.2, -0.15) is 0 Å². The molecule has 0 amide bonds. The minimum Gasteiger partial charge on any atom is -0.434 e. The van der Waals surface area contributed by atoms with Crippen molar-refractivity contribution >= 4 is 6.16 Å². The second-order valence-electron chi connectivity index (χ2n) is 9.48. The summed E-state index contributed by atoms with van der Waals surface area (Å²) < 4.78 is 10.1. The topological polar surface area (TPSA) is 35.5 Å². The molecule has 0 fully saturated rings. The van der Waals surface area contributed by atoms with E-state index in [-0.39, 0.29) is 0 Å². The number of rotatable bonds is 23. The van der Waals surface area contributed by atoms with Gasteiger partial charge in [-0.1, -0.05) is 116 Å². The van der Waals surface area contributed by atoms with E-state index < -0.39 is 6.16 Å². The lowest BCUT2D eigenvalue weighted by Crippen LogP contribution is -2.10. The minimum absolute atomic E-state index is 0.465. The number of hydrogen-bond donors (Lipinski definition) is 0. The molecule has 0 spiro atoms. The summed E-state index contributed by atoms with van der Waals surface area (Å²) in [6.45, 7) is 7.47. The van der Waals surface area contributed by atoms with Crippen LogP contribution in [0, 0.1) is 5.92 Å². The number of hydrogen-bond acceptors (Lipinski definition) is 3. The zero-order valence-corrected chi connectivity index (χ0v) is 21.3. The zero-order chi connectivity index (χ0) is 22.8. The molecule has 0 saturated heterocycles. The van der Waals surface area contributed by atoms with Gasteiger partial charge in [0.25, 0.3) is 0 Å². The summed E-state index contributed by atoms with van der Waals surface area (Å²) >= 11 is 0. The normalized spacial score (nSPS) is 11.5. The maximum absolute atomic E-state index is 11.4. The van der Waals surface area contributed by atoms with E-state index in [1.807, 2.05) is 0 Å². The largest absolute Gasteiger partial charge is 0.508 e. The molecule has 3 heteroatoms. The molecule has 0 aromatic heterocycles. The molecule has 0 bridgehead atoms. The molecule has 0 heterocycles. The molecule has 0 aliphatic carbocycles. The molecular weight excluding hydrogens is 384 g/mol. The third kappa shape index (κ3) is 27.0. The molecule has 0 aromatic carbocycles. The predicted molar refractivity (Wildman–Crippen MR) is 135 cm³/mol. The molecule has 0 aliphatic heterocycles. The molecule has 0 aromatic rings.